The molecule has 1 aromatic rings. The fraction of sp³-hybridized carbons (Fsp3) is 0.400. The van der Waals surface area contributed by atoms with Crippen molar-refractivity contribution in [3.05, 3.63) is 24.0 Å². The molecule has 2 N–H and O–H groups in total. The highest BCUT2D eigenvalue weighted by Gasteiger charge is 2.19. The number of hydrogen-bond acceptors (Lipinski definition) is 4. The number of nitrogens with zero attached hydrogens (tertiary/aromatic N) is 3. The minimum Gasteiger partial charge on any atom is -0.392 e. The smallest absolute Gasteiger partial charge is 0.256 e. The van der Waals surface area contributed by atoms with E-state index in [1.54, 1.807) is 11.0 Å². The van der Waals surface area contributed by atoms with Crippen LogP contribution in [-0.4, -0.2) is 38.6 Å². The van der Waals surface area contributed by atoms with Gasteiger partial charge in [-0.2, -0.15) is 10.2 Å². The van der Waals surface area contributed by atoms with Gasteiger partial charge in [-0.25, -0.2) is 0 Å². The molecule has 1 rings (SSSR count). The lowest BCUT2D eigenvalue weighted by Crippen LogP contribution is -2.42. The Bertz CT molecular complexity index is 380. The van der Waals surface area contributed by atoms with Crippen LogP contribution >= 0.6 is 12.2 Å². The summed E-state index contributed by atoms with van der Waals surface area (Å²) in [6.45, 7) is 4.09. The largest absolute Gasteiger partial charge is 0.392 e. The first kappa shape index (κ1) is 12.5. The Labute approximate surface area is 99.6 Å². The highest BCUT2D eigenvalue weighted by Crippen LogP contribution is 2.06. The molecule has 0 atom stereocenters. The third-order valence-corrected chi connectivity index (χ3v) is 2.17. The maximum absolute atomic E-state index is 12.1. The predicted molar refractivity (Wildman–Crippen MR) is 65.0 cm³/mol. The summed E-state index contributed by atoms with van der Waals surface area (Å²) in [6, 6.07) is 1.65. The van der Waals surface area contributed by atoms with E-state index in [2.05, 4.69) is 10.2 Å². The van der Waals surface area contributed by atoms with Gasteiger partial charge in [0.25, 0.3) is 5.91 Å². The molecule has 0 spiro atoms. The Kier molecular flexibility index (Phi) is 4.30. The van der Waals surface area contributed by atoms with E-state index in [1.165, 1.54) is 12.4 Å². The molecule has 0 aliphatic carbocycles. The summed E-state index contributed by atoms with van der Waals surface area (Å²) in [5.74, 6) is -0.141. The van der Waals surface area contributed by atoms with E-state index in [1.807, 2.05) is 13.8 Å². The van der Waals surface area contributed by atoms with Gasteiger partial charge in [-0.15, -0.1) is 0 Å². The van der Waals surface area contributed by atoms with E-state index in [4.69, 9.17) is 18.0 Å². The molecule has 0 unspecified atom stereocenters. The first-order valence-electron chi connectivity index (χ1n) is 4.88. The van der Waals surface area contributed by atoms with Crippen molar-refractivity contribution >= 4 is 23.1 Å². The fourth-order valence-corrected chi connectivity index (χ4v) is 1.38. The summed E-state index contributed by atoms with van der Waals surface area (Å²) in [6.07, 6.45) is 2.91. The highest BCUT2D eigenvalue weighted by molar-refractivity contribution is 7.80. The number of aromatic nitrogens is 2. The fourth-order valence-electron chi connectivity index (χ4n) is 1.24. The Morgan fingerprint density at radius 2 is 2.25 bits per heavy atom. The zero-order valence-corrected chi connectivity index (χ0v) is 10.1. The minimum absolute atomic E-state index is 0.0298. The van der Waals surface area contributed by atoms with Gasteiger partial charge in [0.1, 0.15) is 0 Å². The average Bonchev–Trinajstić information content (AvgIpc) is 2.25. The molecule has 1 aromatic heterocycles. The van der Waals surface area contributed by atoms with Crippen molar-refractivity contribution in [1.82, 2.24) is 15.1 Å². The second-order valence-electron chi connectivity index (χ2n) is 3.62. The Morgan fingerprint density at radius 1 is 1.56 bits per heavy atom. The molecule has 86 valence electrons. The van der Waals surface area contributed by atoms with Gasteiger partial charge in [-0.05, 0) is 19.9 Å². The summed E-state index contributed by atoms with van der Waals surface area (Å²) >= 11 is 4.82. The van der Waals surface area contributed by atoms with Crippen LogP contribution in [0.15, 0.2) is 18.5 Å². The molecule has 0 saturated heterocycles. The molecule has 0 radical (unpaired) electrons. The van der Waals surface area contributed by atoms with Gasteiger partial charge in [0.2, 0.25) is 0 Å². The van der Waals surface area contributed by atoms with Crippen molar-refractivity contribution in [3.63, 3.8) is 0 Å². The third-order valence-electron chi connectivity index (χ3n) is 2.04. The van der Waals surface area contributed by atoms with Crippen LogP contribution in [-0.2, 0) is 0 Å². The molecular weight excluding hydrogens is 224 g/mol. The minimum atomic E-state index is -0.141. The molecule has 0 aromatic carbocycles. The summed E-state index contributed by atoms with van der Waals surface area (Å²) in [5.41, 5.74) is 5.94. The van der Waals surface area contributed by atoms with Crippen LogP contribution in [0.1, 0.15) is 24.2 Å². The molecule has 16 heavy (non-hydrogen) atoms. The summed E-state index contributed by atoms with van der Waals surface area (Å²) in [5, 5.41) is 7.29. The van der Waals surface area contributed by atoms with Crippen molar-refractivity contribution < 1.29 is 4.79 Å². The molecule has 0 aliphatic rings. The third kappa shape index (κ3) is 3.23. The first-order chi connectivity index (χ1) is 7.52. The van der Waals surface area contributed by atoms with Crippen molar-refractivity contribution in [2.45, 2.75) is 19.9 Å². The number of carbonyl (C=O) groups is 1. The monoisotopic (exact) mass is 238 g/mol. The van der Waals surface area contributed by atoms with Gasteiger partial charge >= 0.3 is 0 Å². The molecular formula is C10H14N4OS. The number of carbonyl (C=O) groups excluding carboxylic acids is 1. The summed E-state index contributed by atoms with van der Waals surface area (Å²) in [4.78, 5) is 14.0. The van der Waals surface area contributed by atoms with Gasteiger partial charge in [0.05, 0.1) is 29.5 Å². The highest BCUT2D eigenvalue weighted by atomic mass is 32.1. The van der Waals surface area contributed by atoms with Gasteiger partial charge in [0.15, 0.2) is 0 Å². The average molecular weight is 238 g/mol. The van der Waals surface area contributed by atoms with Crippen LogP contribution in [0.3, 0.4) is 0 Å². The van der Waals surface area contributed by atoms with Crippen LogP contribution in [0.25, 0.3) is 0 Å². The van der Waals surface area contributed by atoms with Gasteiger partial charge in [-0.1, -0.05) is 12.2 Å². The quantitative estimate of drug-likeness (QED) is 0.778. The molecule has 0 saturated carbocycles. The van der Waals surface area contributed by atoms with E-state index in [9.17, 15) is 4.79 Å². The predicted octanol–water partition coefficient (Wildman–Crippen LogP) is 0.613. The normalized spacial score (nSPS) is 10.2. The molecule has 1 heterocycles. The lowest BCUT2D eigenvalue weighted by atomic mass is 10.2. The number of thiocarbonyl (C=S) groups is 1. The standard InChI is InChI=1S/C10H14N4OS/c1-7(2)14(6-9(11)16)10(15)8-3-4-12-13-5-8/h3-5,7H,6H2,1-2H3,(H2,11,16). The SMILES string of the molecule is CC(C)N(CC(N)=S)C(=O)c1ccnnc1. The lowest BCUT2D eigenvalue weighted by molar-refractivity contribution is 0.0735. The number of rotatable bonds is 4. The Hall–Kier alpha value is -1.56. The zero-order chi connectivity index (χ0) is 12.1. The zero-order valence-electron chi connectivity index (χ0n) is 9.25. The van der Waals surface area contributed by atoms with Crippen LogP contribution in [0, 0.1) is 0 Å². The molecule has 1 amide bonds. The molecule has 0 bridgehead atoms. The Morgan fingerprint density at radius 3 is 2.69 bits per heavy atom. The van der Waals surface area contributed by atoms with Crippen molar-refractivity contribution in [1.29, 1.82) is 0 Å². The van der Waals surface area contributed by atoms with Crippen LogP contribution < -0.4 is 5.73 Å². The molecule has 0 aliphatic heterocycles. The van der Waals surface area contributed by atoms with E-state index < -0.39 is 0 Å². The van der Waals surface area contributed by atoms with E-state index >= 15 is 0 Å². The van der Waals surface area contributed by atoms with Crippen LogP contribution in [0.5, 0.6) is 0 Å². The van der Waals surface area contributed by atoms with Gasteiger partial charge in [-0.3, -0.25) is 4.79 Å². The molecule has 6 heteroatoms. The maximum atomic E-state index is 12.1. The van der Waals surface area contributed by atoms with Crippen LogP contribution in [0.4, 0.5) is 0 Å². The van der Waals surface area contributed by atoms with E-state index in [-0.39, 0.29) is 18.5 Å². The van der Waals surface area contributed by atoms with E-state index in [0.717, 1.165) is 0 Å². The van der Waals surface area contributed by atoms with Crippen molar-refractivity contribution in [2.75, 3.05) is 6.54 Å². The summed E-state index contributed by atoms with van der Waals surface area (Å²) < 4.78 is 0. The number of amides is 1. The summed E-state index contributed by atoms with van der Waals surface area (Å²) in [7, 11) is 0. The van der Waals surface area contributed by atoms with Gasteiger partial charge < -0.3 is 10.6 Å². The van der Waals surface area contributed by atoms with Crippen molar-refractivity contribution in [2.24, 2.45) is 5.73 Å². The second kappa shape index (κ2) is 5.50. The van der Waals surface area contributed by atoms with Crippen LogP contribution in [0.2, 0.25) is 0 Å². The second-order valence-corrected chi connectivity index (χ2v) is 4.15. The number of nitrogens with two attached hydrogens (primary N) is 1. The Balaban J connectivity index is 2.88. The lowest BCUT2D eigenvalue weighted by Gasteiger charge is -2.26. The van der Waals surface area contributed by atoms with E-state index in [0.29, 0.717) is 10.6 Å². The molecule has 5 nitrogen and oxygen atoms in total. The van der Waals surface area contributed by atoms with Gasteiger partial charge in [0, 0.05) is 6.04 Å². The number of hydrogen-bond donors (Lipinski definition) is 1. The van der Waals surface area contributed by atoms with Crippen molar-refractivity contribution in [3.8, 4) is 0 Å². The maximum Gasteiger partial charge on any atom is 0.256 e. The molecule has 0 fully saturated rings. The topological polar surface area (TPSA) is 72.1 Å². The first-order valence-corrected chi connectivity index (χ1v) is 5.29.